The highest BCUT2D eigenvalue weighted by Crippen LogP contribution is 2.09. The van der Waals surface area contributed by atoms with Crippen LogP contribution in [0.2, 0.25) is 0 Å². The van der Waals surface area contributed by atoms with Crippen LogP contribution >= 0.6 is 0 Å². The topological polar surface area (TPSA) is 72.4 Å². The first kappa shape index (κ1) is 19.3. The molecular weight excluding hydrogens is 342 g/mol. The monoisotopic (exact) mass is 373 g/mol. The van der Waals surface area contributed by atoms with Gasteiger partial charge < -0.3 is 14.8 Å². The second-order valence-electron chi connectivity index (χ2n) is 7.09. The molecular formula is C19H31N7O. The molecule has 0 bridgehead atoms. The molecule has 0 unspecified atom stereocenters. The number of aromatic nitrogens is 4. The van der Waals surface area contributed by atoms with Gasteiger partial charge >= 0.3 is 5.69 Å². The molecule has 8 nitrogen and oxygen atoms in total. The molecule has 27 heavy (non-hydrogen) atoms. The number of nitrogens with one attached hydrogen (secondary N) is 1. The molecule has 0 radical (unpaired) electrons. The molecule has 1 aliphatic heterocycles. The molecule has 148 valence electrons. The highest BCUT2D eigenvalue weighted by molar-refractivity contribution is 5.79. The van der Waals surface area contributed by atoms with Gasteiger partial charge in [-0.15, -0.1) is 0 Å². The van der Waals surface area contributed by atoms with Crippen molar-refractivity contribution in [1.29, 1.82) is 0 Å². The van der Waals surface area contributed by atoms with E-state index in [1.807, 2.05) is 11.6 Å². The standard InChI is InChI=1S/C19H31N7O/c1-4-20-18(24(3)15-16-9-7-12-23(16)2)21-11-8-14-26-19(27)25-13-6-5-10-17(25)22-26/h7,9,12H,4-6,8,10-11,13-15H2,1-3H3,(H,20,21). The van der Waals surface area contributed by atoms with Crippen LogP contribution in [0.3, 0.4) is 0 Å². The van der Waals surface area contributed by atoms with E-state index >= 15 is 0 Å². The van der Waals surface area contributed by atoms with E-state index in [9.17, 15) is 4.79 Å². The van der Waals surface area contributed by atoms with E-state index < -0.39 is 0 Å². The van der Waals surface area contributed by atoms with Gasteiger partial charge in [-0.05, 0) is 38.3 Å². The maximum Gasteiger partial charge on any atom is 0.345 e. The first-order chi connectivity index (χ1) is 13.1. The van der Waals surface area contributed by atoms with Gasteiger partial charge in [0.25, 0.3) is 0 Å². The molecule has 0 aromatic carbocycles. The number of fused-ring (bicyclic) bond motifs is 1. The molecule has 0 saturated heterocycles. The molecule has 0 atom stereocenters. The van der Waals surface area contributed by atoms with Crippen LogP contribution in [-0.4, -0.2) is 49.9 Å². The van der Waals surface area contributed by atoms with E-state index in [1.165, 1.54) is 5.69 Å². The van der Waals surface area contributed by atoms with Gasteiger partial charge in [0.15, 0.2) is 5.96 Å². The SMILES string of the molecule is CCNC(=NCCCn1nc2n(c1=O)CCCC2)N(C)Cc1cccn1C. The van der Waals surface area contributed by atoms with Crippen LogP contribution in [0.5, 0.6) is 0 Å². The predicted octanol–water partition coefficient (Wildman–Crippen LogP) is 1.21. The molecule has 2 aromatic heterocycles. The Morgan fingerprint density at radius 2 is 2.26 bits per heavy atom. The maximum atomic E-state index is 12.4. The van der Waals surface area contributed by atoms with Crippen LogP contribution in [-0.2, 0) is 33.1 Å². The molecule has 1 aliphatic rings. The Morgan fingerprint density at radius 3 is 2.96 bits per heavy atom. The molecule has 3 heterocycles. The van der Waals surface area contributed by atoms with Gasteiger partial charge in [-0.1, -0.05) is 0 Å². The average molecular weight is 374 g/mol. The number of hydrogen-bond acceptors (Lipinski definition) is 3. The zero-order valence-corrected chi connectivity index (χ0v) is 16.7. The quantitative estimate of drug-likeness (QED) is 0.450. The zero-order valence-electron chi connectivity index (χ0n) is 16.7. The highest BCUT2D eigenvalue weighted by atomic mass is 16.2. The number of nitrogens with zero attached hydrogens (tertiary/aromatic N) is 6. The molecule has 0 spiro atoms. The summed E-state index contributed by atoms with van der Waals surface area (Å²) in [7, 11) is 4.10. The minimum atomic E-state index is 0.0291. The number of aliphatic imine (C=N–C) groups is 1. The van der Waals surface area contributed by atoms with E-state index in [0.29, 0.717) is 13.1 Å². The fourth-order valence-electron chi connectivity index (χ4n) is 3.45. The Morgan fingerprint density at radius 1 is 1.41 bits per heavy atom. The summed E-state index contributed by atoms with van der Waals surface area (Å²) in [5.41, 5.74) is 1.26. The third-order valence-corrected chi connectivity index (χ3v) is 4.97. The lowest BCUT2D eigenvalue weighted by Crippen LogP contribution is -2.39. The van der Waals surface area contributed by atoms with Crippen LogP contribution < -0.4 is 11.0 Å². The second-order valence-corrected chi connectivity index (χ2v) is 7.09. The van der Waals surface area contributed by atoms with Gasteiger partial charge in [-0.25, -0.2) is 9.48 Å². The van der Waals surface area contributed by atoms with Crippen molar-refractivity contribution in [2.24, 2.45) is 12.0 Å². The Labute approximate surface area is 160 Å². The lowest BCUT2D eigenvalue weighted by atomic mass is 10.2. The molecule has 0 aliphatic carbocycles. The molecule has 0 amide bonds. The number of aryl methyl sites for hydroxylation is 3. The minimum absolute atomic E-state index is 0.0291. The van der Waals surface area contributed by atoms with Crippen molar-refractivity contribution in [3.05, 3.63) is 40.3 Å². The Kier molecular flexibility index (Phi) is 6.36. The van der Waals surface area contributed by atoms with Crippen LogP contribution in [0.4, 0.5) is 0 Å². The van der Waals surface area contributed by atoms with Crippen molar-refractivity contribution < 1.29 is 0 Å². The van der Waals surface area contributed by atoms with Crippen molar-refractivity contribution in [2.75, 3.05) is 20.1 Å². The van der Waals surface area contributed by atoms with Crippen molar-refractivity contribution in [3.63, 3.8) is 0 Å². The van der Waals surface area contributed by atoms with Crippen LogP contribution in [0.15, 0.2) is 28.1 Å². The van der Waals surface area contributed by atoms with E-state index in [2.05, 4.69) is 52.2 Å². The largest absolute Gasteiger partial charge is 0.357 e. The number of guanidine groups is 1. The fourth-order valence-corrected chi connectivity index (χ4v) is 3.45. The summed E-state index contributed by atoms with van der Waals surface area (Å²) >= 11 is 0. The summed E-state index contributed by atoms with van der Waals surface area (Å²) < 4.78 is 5.55. The van der Waals surface area contributed by atoms with E-state index in [4.69, 9.17) is 4.99 Å². The lowest BCUT2D eigenvalue weighted by Gasteiger charge is -2.22. The summed E-state index contributed by atoms with van der Waals surface area (Å²) in [6.07, 6.45) is 5.95. The summed E-state index contributed by atoms with van der Waals surface area (Å²) in [6.45, 7) is 5.77. The Hall–Kier alpha value is -2.51. The van der Waals surface area contributed by atoms with Crippen molar-refractivity contribution in [2.45, 2.75) is 52.2 Å². The zero-order chi connectivity index (χ0) is 19.2. The maximum absolute atomic E-state index is 12.4. The van der Waals surface area contributed by atoms with Crippen molar-refractivity contribution >= 4 is 5.96 Å². The summed E-state index contributed by atoms with van der Waals surface area (Å²) in [5.74, 6) is 1.82. The Bertz CT molecular complexity index is 829. The molecule has 1 N–H and O–H groups in total. The molecule has 2 aromatic rings. The van der Waals surface area contributed by atoms with E-state index in [-0.39, 0.29) is 5.69 Å². The molecule has 3 rings (SSSR count). The third kappa shape index (κ3) is 4.61. The third-order valence-electron chi connectivity index (χ3n) is 4.97. The number of hydrogen-bond donors (Lipinski definition) is 1. The summed E-state index contributed by atoms with van der Waals surface area (Å²) in [6, 6.07) is 4.17. The molecule has 8 heteroatoms. The lowest BCUT2D eigenvalue weighted by molar-refractivity contribution is 0.460. The Balaban J connectivity index is 1.56. The van der Waals surface area contributed by atoms with Gasteiger partial charge in [-0.3, -0.25) is 9.56 Å². The molecule has 0 fully saturated rings. The summed E-state index contributed by atoms with van der Waals surface area (Å²) in [4.78, 5) is 19.2. The highest BCUT2D eigenvalue weighted by Gasteiger charge is 2.16. The van der Waals surface area contributed by atoms with Crippen molar-refractivity contribution in [1.82, 2.24) is 29.1 Å². The van der Waals surface area contributed by atoms with Crippen molar-refractivity contribution in [3.8, 4) is 0 Å². The molecule has 0 saturated carbocycles. The second kappa shape index (κ2) is 8.92. The first-order valence-electron chi connectivity index (χ1n) is 9.86. The van der Waals surface area contributed by atoms with E-state index in [1.54, 1.807) is 4.68 Å². The fraction of sp³-hybridized carbons (Fsp3) is 0.632. The van der Waals surface area contributed by atoms with E-state index in [0.717, 1.165) is 57.1 Å². The normalized spacial score (nSPS) is 14.3. The minimum Gasteiger partial charge on any atom is -0.357 e. The van der Waals surface area contributed by atoms with Gasteiger partial charge in [0.2, 0.25) is 0 Å². The van der Waals surface area contributed by atoms with Crippen LogP contribution in [0.1, 0.15) is 37.7 Å². The van der Waals surface area contributed by atoms with Crippen LogP contribution in [0, 0.1) is 0 Å². The number of rotatable bonds is 7. The summed E-state index contributed by atoms with van der Waals surface area (Å²) in [5, 5.41) is 7.83. The smallest absolute Gasteiger partial charge is 0.345 e. The van der Waals surface area contributed by atoms with Gasteiger partial charge in [0.1, 0.15) is 5.82 Å². The first-order valence-corrected chi connectivity index (χ1v) is 9.86. The van der Waals surface area contributed by atoms with Gasteiger partial charge in [0, 0.05) is 58.6 Å². The predicted molar refractivity (Wildman–Crippen MR) is 107 cm³/mol. The van der Waals surface area contributed by atoms with Gasteiger partial charge in [0.05, 0.1) is 6.54 Å². The van der Waals surface area contributed by atoms with Crippen LogP contribution in [0.25, 0.3) is 0 Å². The van der Waals surface area contributed by atoms with Gasteiger partial charge in [-0.2, -0.15) is 5.10 Å². The average Bonchev–Trinajstić information content (AvgIpc) is 3.21.